The molecule has 35 heavy (non-hydrogen) atoms. The van der Waals surface area contributed by atoms with Gasteiger partial charge in [-0.15, -0.1) is 0 Å². The number of halogens is 2. The summed E-state index contributed by atoms with van der Waals surface area (Å²) >= 11 is 0. The van der Waals surface area contributed by atoms with Gasteiger partial charge in [-0.25, -0.2) is 22.2 Å². The molecule has 10 heteroatoms. The van der Waals surface area contributed by atoms with Gasteiger partial charge in [-0.1, -0.05) is 12.1 Å². The number of anilines is 1. The molecule has 2 aliphatic heterocycles. The summed E-state index contributed by atoms with van der Waals surface area (Å²) in [4.78, 5) is 11.6. The summed E-state index contributed by atoms with van der Waals surface area (Å²) in [6.45, 7) is 3.69. The standard InChI is InChI=1S/C25H26F2N4O3S/c1-17-6-5-7-19(14-17)35(32,33)31-13-10-22-20(16-31)24(34-23-9-8-18(26)15-21(23)27)29-25(28-22)30-11-3-2-4-12-30/h5-9,14-15H,2-4,10-13,16H2,1H3. The van der Waals surface area contributed by atoms with Crippen LogP contribution in [-0.4, -0.2) is 42.3 Å². The molecule has 0 bridgehead atoms. The zero-order valence-electron chi connectivity index (χ0n) is 19.4. The van der Waals surface area contributed by atoms with Crippen LogP contribution in [0.3, 0.4) is 0 Å². The van der Waals surface area contributed by atoms with Gasteiger partial charge in [0.15, 0.2) is 11.6 Å². The van der Waals surface area contributed by atoms with Gasteiger partial charge in [-0.3, -0.25) is 0 Å². The van der Waals surface area contributed by atoms with Crippen LogP contribution in [-0.2, 0) is 23.0 Å². The zero-order chi connectivity index (χ0) is 24.6. The molecule has 5 rings (SSSR count). The maximum absolute atomic E-state index is 14.4. The van der Waals surface area contributed by atoms with Crippen LogP contribution < -0.4 is 9.64 Å². The van der Waals surface area contributed by atoms with Crippen LogP contribution in [0.15, 0.2) is 47.4 Å². The van der Waals surface area contributed by atoms with Crippen molar-refractivity contribution in [1.82, 2.24) is 14.3 Å². The van der Waals surface area contributed by atoms with Crippen molar-refractivity contribution in [2.45, 2.75) is 44.0 Å². The fourth-order valence-corrected chi connectivity index (χ4v) is 5.97. The lowest BCUT2D eigenvalue weighted by atomic mass is 10.1. The molecule has 0 saturated carbocycles. The Balaban J connectivity index is 1.54. The summed E-state index contributed by atoms with van der Waals surface area (Å²) in [5.41, 5.74) is 2.00. The molecular formula is C25H26F2N4O3S. The van der Waals surface area contributed by atoms with Crippen LogP contribution in [0.2, 0.25) is 0 Å². The van der Waals surface area contributed by atoms with Crippen molar-refractivity contribution < 1.29 is 21.9 Å². The Bertz CT molecular complexity index is 1360. The number of ether oxygens (including phenoxy) is 1. The molecular weight excluding hydrogens is 474 g/mol. The van der Waals surface area contributed by atoms with E-state index in [0.29, 0.717) is 23.6 Å². The number of fused-ring (bicyclic) bond motifs is 1. The highest BCUT2D eigenvalue weighted by molar-refractivity contribution is 7.89. The van der Waals surface area contributed by atoms with E-state index in [0.717, 1.165) is 50.0 Å². The minimum absolute atomic E-state index is 0.00989. The first-order chi connectivity index (χ1) is 16.8. The lowest BCUT2D eigenvalue weighted by Gasteiger charge is -2.31. The highest BCUT2D eigenvalue weighted by Gasteiger charge is 2.33. The fraction of sp³-hybridized carbons (Fsp3) is 0.360. The molecule has 0 radical (unpaired) electrons. The van der Waals surface area contributed by atoms with Crippen molar-refractivity contribution >= 4 is 16.0 Å². The largest absolute Gasteiger partial charge is 0.435 e. The Kier molecular flexibility index (Phi) is 6.41. The van der Waals surface area contributed by atoms with Crippen molar-refractivity contribution in [1.29, 1.82) is 0 Å². The maximum atomic E-state index is 14.4. The topological polar surface area (TPSA) is 75.6 Å². The number of benzene rings is 2. The van der Waals surface area contributed by atoms with Crippen molar-refractivity contribution in [2.75, 3.05) is 24.5 Å². The van der Waals surface area contributed by atoms with Gasteiger partial charge in [0.1, 0.15) is 5.82 Å². The minimum Gasteiger partial charge on any atom is -0.435 e. The molecule has 0 aliphatic carbocycles. The number of piperidine rings is 1. The van der Waals surface area contributed by atoms with Crippen molar-refractivity contribution in [3.05, 3.63) is 70.9 Å². The third-order valence-electron chi connectivity index (χ3n) is 6.34. The predicted molar refractivity (Wildman–Crippen MR) is 127 cm³/mol. The van der Waals surface area contributed by atoms with E-state index >= 15 is 0 Å². The molecule has 1 saturated heterocycles. The second-order valence-electron chi connectivity index (χ2n) is 8.88. The molecule has 0 spiro atoms. The van der Waals surface area contributed by atoms with Crippen LogP contribution in [0, 0.1) is 18.6 Å². The Hall–Kier alpha value is -3.11. The predicted octanol–water partition coefficient (Wildman–Crippen LogP) is 4.59. The Labute approximate surface area is 203 Å². The van der Waals surface area contributed by atoms with Crippen LogP contribution in [0.25, 0.3) is 0 Å². The van der Waals surface area contributed by atoms with Gasteiger partial charge < -0.3 is 9.64 Å². The quantitative estimate of drug-likeness (QED) is 0.510. The maximum Gasteiger partial charge on any atom is 0.243 e. The molecule has 1 fully saturated rings. The van der Waals surface area contributed by atoms with Crippen LogP contribution in [0.4, 0.5) is 14.7 Å². The lowest BCUT2D eigenvalue weighted by Crippen LogP contribution is -2.37. The van der Waals surface area contributed by atoms with E-state index in [4.69, 9.17) is 9.72 Å². The molecule has 184 valence electrons. The average molecular weight is 501 g/mol. The summed E-state index contributed by atoms with van der Waals surface area (Å²) < 4.78 is 61.8. The van der Waals surface area contributed by atoms with Gasteiger partial charge in [0, 0.05) is 38.7 Å². The van der Waals surface area contributed by atoms with Gasteiger partial charge >= 0.3 is 0 Å². The van der Waals surface area contributed by atoms with Crippen molar-refractivity contribution in [3.8, 4) is 11.6 Å². The van der Waals surface area contributed by atoms with E-state index in [1.165, 1.54) is 10.4 Å². The molecule has 7 nitrogen and oxygen atoms in total. The molecule has 0 N–H and O–H groups in total. The van der Waals surface area contributed by atoms with Crippen LogP contribution in [0.5, 0.6) is 11.6 Å². The highest BCUT2D eigenvalue weighted by Crippen LogP contribution is 2.34. The molecule has 0 unspecified atom stereocenters. The smallest absolute Gasteiger partial charge is 0.243 e. The number of nitrogens with zero attached hydrogens (tertiary/aromatic N) is 4. The number of aromatic nitrogens is 2. The summed E-state index contributed by atoms with van der Waals surface area (Å²) in [5.74, 6) is -1.20. The number of aryl methyl sites for hydroxylation is 1. The monoisotopic (exact) mass is 500 g/mol. The molecule has 0 atom stereocenters. The Morgan fingerprint density at radius 3 is 2.51 bits per heavy atom. The Morgan fingerprint density at radius 2 is 1.77 bits per heavy atom. The third-order valence-corrected chi connectivity index (χ3v) is 8.18. The van der Waals surface area contributed by atoms with Crippen molar-refractivity contribution in [2.24, 2.45) is 0 Å². The van der Waals surface area contributed by atoms with Gasteiger partial charge in [-0.05, 0) is 56.0 Å². The molecule has 1 aromatic heterocycles. The zero-order valence-corrected chi connectivity index (χ0v) is 20.2. The first-order valence-corrected chi connectivity index (χ1v) is 13.1. The molecule has 3 heterocycles. The molecule has 0 amide bonds. The number of hydrogen-bond acceptors (Lipinski definition) is 6. The first-order valence-electron chi connectivity index (χ1n) is 11.7. The number of sulfonamides is 1. The Morgan fingerprint density at radius 1 is 0.971 bits per heavy atom. The molecule has 2 aliphatic rings. The second-order valence-corrected chi connectivity index (χ2v) is 10.8. The first kappa shape index (κ1) is 23.6. The van der Waals surface area contributed by atoms with Crippen LogP contribution >= 0.6 is 0 Å². The third kappa shape index (κ3) is 4.85. The summed E-state index contributed by atoms with van der Waals surface area (Å²) in [7, 11) is -3.77. The number of rotatable bonds is 5. The van der Waals surface area contributed by atoms with E-state index in [-0.39, 0.29) is 29.6 Å². The van der Waals surface area contributed by atoms with Crippen LogP contribution in [0.1, 0.15) is 36.1 Å². The SMILES string of the molecule is Cc1cccc(S(=O)(=O)N2CCc3nc(N4CCCCC4)nc(Oc4ccc(F)cc4F)c3C2)c1. The molecule has 2 aromatic carbocycles. The lowest BCUT2D eigenvalue weighted by molar-refractivity contribution is 0.363. The van der Waals surface area contributed by atoms with E-state index in [1.807, 2.05) is 13.0 Å². The van der Waals surface area contributed by atoms with E-state index in [2.05, 4.69) is 9.88 Å². The van der Waals surface area contributed by atoms with E-state index in [9.17, 15) is 17.2 Å². The highest BCUT2D eigenvalue weighted by atomic mass is 32.2. The van der Waals surface area contributed by atoms with Gasteiger partial charge in [0.05, 0.1) is 16.2 Å². The molecule has 3 aromatic rings. The summed E-state index contributed by atoms with van der Waals surface area (Å²) in [6.07, 6.45) is 3.54. The number of hydrogen-bond donors (Lipinski definition) is 0. The van der Waals surface area contributed by atoms with Crippen molar-refractivity contribution in [3.63, 3.8) is 0 Å². The van der Waals surface area contributed by atoms with E-state index in [1.54, 1.807) is 18.2 Å². The van der Waals surface area contributed by atoms with Gasteiger partial charge in [-0.2, -0.15) is 9.29 Å². The summed E-state index contributed by atoms with van der Waals surface area (Å²) in [6, 6.07) is 9.79. The average Bonchev–Trinajstić information content (AvgIpc) is 2.86. The second kappa shape index (κ2) is 9.50. The minimum atomic E-state index is -3.77. The summed E-state index contributed by atoms with van der Waals surface area (Å²) in [5, 5.41) is 0. The van der Waals surface area contributed by atoms with Gasteiger partial charge in [0.2, 0.25) is 21.9 Å². The van der Waals surface area contributed by atoms with E-state index < -0.39 is 21.7 Å². The normalized spacial score (nSPS) is 16.7. The fourth-order valence-electron chi connectivity index (χ4n) is 4.46. The van der Waals surface area contributed by atoms with Gasteiger partial charge in [0.25, 0.3) is 0 Å².